The average Bonchev–Trinajstić information content (AvgIpc) is 2.80. The Hall–Kier alpha value is -2.04. The summed E-state index contributed by atoms with van der Waals surface area (Å²) in [6.07, 6.45) is 0.898. The molecule has 1 amide bonds. The third-order valence-corrected chi connectivity index (χ3v) is 3.33. The number of methoxy groups -OCH3 is 2. The number of esters is 1. The number of nitrogens with zero attached hydrogens (tertiary/aromatic N) is 1. The number of rotatable bonds is 4. The van der Waals surface area contributed by atoms with Crippen LogP contribution in [-0.2, 0) is 20.9 Å². The molecule has 1 aromatic rings. The van der Waals surface area contributed by atoms with Crippen LogP contribution in [0.3, 0.4) is 0 Å². The fraction of sp³-hybridized carbons (Fsp3) is 0.429. The van der Waals surface area contributed by atoms with Crippen molar-refractivity contribution >= 4 is 11.9 Å². The molecule has 2 rings (SSSR count). The van der Waals surface area contributed by atoms with E-state index in [2.05, 4.69) is 0 Å². The van der Waals surface area contributed by atoms with Crippen LogP contribution in [0.1, 0.15) is 18.4 Å². The monoisotopic (exact) mass is 263 g/mol. The van der Waals surface area contributed by atoms with Gasteiger partial charge in [-0.15, -0.1) is 0 Å². The highest BCUT2D eigenvalue weighted by atomic mass is 16.5. The SMILES string of the molecule is COC(=O)C1CCC(=O)N1Cc1ccccc1OC. The van der Waals surface area contributed by atoms with Crippen LogP contribution in [0.2, 0.25) is 0 Å². The third-order valence-electron chi connectivity index (χ3n) is 3.33. The fourth-order valence-corrected chi connectivity index (χ4v) is 2.33. The number of benzene rings is 1. The van der Waals surface area contributed by atoms with Crippen molar-refractivity contribution in [2.24, 2.45) is 0 Å². The van der Waals surface area contributed by atoms with Crippen LogP contribution in [0, 0.1) is 0 Å². The standard InChI is InChI=1S/C14H17NO4/c1-18-12-6-4-3-5-10(12)9-15-11(14(17)19-2)7-8-13(15)16/h3-6,11H,7-9H2,1-2H3. The molecule has 1 fully saturated rings. The summed E-state index contributed by atoms with van der Waals surface area (Å²) in [5.41, 5.74) is 0.883. The lowest BCUT2D eigenvalue weighted by Gasteiger charge is -2.23. The molecule has 0 spiro atoms. The highest BCUT2D eigenvalue weighted by Gasteiger charge is 2.36. The Bertz CT molecular complexity index is 486. The largest absolute Gasteiger partial charge is 0.496 e. The number of carbonyl (C=O) groups is 2. The Morgan fingerprint density at radius 2 is 2.11 bits per heavy atom. The summed E-state index contributed by atoms with van der Waals surface area (Å²) >= 11 is 0. The lowest BCUT2D eigenvalue weighted by molar-refractivity contribution is -0.149. The first-order chi connectivity index (χ1) is 9.17. The number of amides is 1. The van der Waals surface area contributed by atoms with E-state index in [4.69, 9.17) is 9.47 Å². The Morgan fingerprint density at radius 1 is 1.37 bits per heavy atom. The molecule has 1 aliphatic rings. The van der Waals surface area contributed by atoms with E-state index in [1.54, 1.807) is 12.0 Å². The molecule has 102 valence electrons. The lowest BCUT2D eigenvalue weighted by atomic mass is 10.1. The molecule has 0 saturated carbocycles. The van der Waals surface area contributed by atoms with Crippen molar-refractivity contribution in [3.8, 4) is 5.75 Å². The van der Waals surface area contributed by atoms with Crippen LogP contribution < -0.4 is 4.74 Å². The van der Waals surface area contributed by atoms with Crippen molar-refractivity contribution in [2.45, 2.75) is 25.4 Å². The van der Waals surface area contributed by atoms with E-state index in [9.17, 15) is 9.59 Å². The Kier molecular flexibility index (Phi) is 4.04. The molecule has 0 aromatic heterocycles. The zero-order valence-electron chi connectivity index (χ0n) is 11.1. The molecule has 1 saturated heterocycles. The predicted molar refractivity (Wildman–Crippen MR) is 68.6 cm³/mol. The van der Waals surface area contributed by atoms with Crippen LogP contribution in [0.15, 0.2) is 24.3 Å². The maximum Gasteiger partial charge on any atom is 0.328 e. The first kappa shape index (κ1) is 13.4. The van der Waals surface area contributed by atoms with Gasteiger partial charge in [-0.3, -0.25) is 4.79 Å². The smallest absolute Gasteiger partial charge is 0.328 e. The molecule has 0 radical (unpaired) electrons. The summed E-state index contributed by atoms with van der Waals surface area (Å²) in [5.74, 6) is 0.327. The number of likely N-dealkylation sites (tertiary alicyclic amines) is 1. The van der Waals surface area contributed by atoms with Crippen molar-refractivity contribution in [1.29, 1.82) is 0 Å². The average molecular weight is 263 g/mol. The summed E-state index contributed by atoms with van der Waals surface area (Å²) in [7, 11) is 2.93. The third kappa shape index (κ3) is 2.70. The molecule has 1 aliphatic heterocycles. The highest BCUT2D eigenvalue weighted by Crippen LogP contribution is 2.26. The summed E-state index contributed by atoms with van der Waals surface area (Å²) in [6.45, 7) is 0.364. The summed E-state index contributed by atoms with van der Waals surface area (Å²) in [4.78, 5) is 25.1. The topological polar surface area (TPSA) is 55.8 Å². The van der Waals surface area contributed by atoms with Crippen LogP contribution in [0.4, 0.5) is 0 Å². The zero-order chi connectivity index (χ0) is 13.8. The first-order valence-corrected chi connectivity index (χ1v) is 6.16. The van der Waals surface area contributed by atoms with E-state index in [1.165, 1.54) is 7.11 Å². The van der Waals surface area contributed by atoms with Gasteiger partial charge in [-0.25, -0.2) is 4.79 Å². The number of ether oxygens (including phenoxy) is 2. The maximum absolute atomic E-state index is 11.9. The van der Waals surface area contributed by atoms with Gasteiger partial charge in [-0.05, 0) is 12.5 Å². The quantitative estimate of drug-likeness (QED) is 0.770. The number of hydrogen-bond donors (Lipinski definition) is 0. The van der Waals surface area contributed by atoms with Crippen LogP contribution in [-0.4, -0.2) is 37.0 Å². The van der Waals surface area contributed by atoms with Crippen LogP contribution >= 0.6 is 0 Å². The second-order valence-electron chi connectivity index (χ2n) is 4.41. The normalized spacial score (nSPS) is 18.5. The molecule has 0 N–H and O–H groups in total. The molecular weight excluding hydrogens is 246 g/mol. The summed E-state index contributed by atoms with van der Waals surface area (Å²) < 4.78 is 10.0. The van der Waals surface area contributed by atoms with Gasteiger partial charge in [0.2, 0.25) is 5.91 Å². The van der Waals surface area contributed by atoms with E-state index >= 15 is 0 Å². The van der Waals surface area contributed by atoms with Crippen molar-refractivity contribution in [3.63, 3.8) is 0 Å². The van der Waals surface area contributed by atoms with Gasteiger partial charge in [-0.1, -0.05) is 18.2 Å². The fourth-order valence-electron chi connectivity index (χ4n) is 2.33. The van der Waals surface area contributed by atoms with Crippen molar-refractivity contribution < 1.29 is 19.1 Å². The van der Waals surface area contributed by atoms with Gasteiger partial charge in [-0.2, -0.15) is 0 Å². The second kappa shape index (κ2) is 5.73. The number of hydrogen-bond acceptors (Lipinski definition) is 4. The minimum absolute atomic E-state index is 0.0266. The van der Waals surface area contributed by atoms with Crippen molar-refractivity contribution in [3.05, 3.63) is 29.8 Å². The molecule has 1 aromatic carbocycles. The highest BCUT2D eigenvalue weighted by molar-refractivity contribution is 5.88. The molecular formula is C14H17NO4. The van der Waals surface area contributed by atoms with E-state index in [1.807, 2.05) is 24.3 Å². The molecule has 0 aliphatic carbocycles. The van der Waals surface area contributed by atoms with E-state index < -0.39 is 6.04 Å². The van der Waals surface area contributed by atoms with Crippen molar-refractivity contribution in [2.75, 3.05) is 14.2 Å². The maximum atomic E-state index is 11.9. The summed E-state index contributed by atoms with van der Waals surface area (Å²) in [5, 5.41) is 0. The Morgan fingerprint density at radius 3 is 2.79 bits per heavy atom. The van der Waals surface area contributed by atoms with Gasteiger partial charge in [0.15, 0.2) is 0 Å². The van der Waals surface area contributed by atoms with Crippen LogP contribution in [0.25, 0.3) is 0 Å². The van der Waals surface area contributed by atoms with E-state index in [0.29, 0.717) is 25.1 Å². The van der Waals surface area contributed by atoms with Gasteiger partial charge >= 0.3 is 5.97 Å². The molecule has 1 atom stereocenters. The van der Waals surface area contributed by atoms with E-state index in [0.717, 1.165) is 5.56 Å². The van der Waals surface area contributed by atoms with E-state index in [-0.39, 0.29) is 11.9 Å². The van der Waals surface area contributed by atoms with Crippen molar-refractivity contribution in [1.82, 2.24) is 4.90 Å². The summed E-state index contributed by atoms with van der Waals surface area (Å²) in [6, 6.07) is 6.99. The number of para-hydroxylation sites is 1. The van der Waals surface area contributed by atoms with Gasteiger partial charge in [0.05, 0.1) is 20.8 Å². The first-order valence-electron chi connectivity index (χ1n) is 6.16. The Labute approximate surface area is 112 Å². The molecule has 1 unspecified atom stereocenters. The molecule has 1 heterocycles. The van der Waals surface area contributed by atoms with Gasteiger partial charge < -0.3 is 14.4 Å². The molecule has 19 heavy (non-hydrogen) atoms. The molecule has 5 heteroatoms. The van der Waals surface area contributed by atoms with Gasteiger partial charge in [0.25, 0.3) is 0 Å². The van der Waals surface area contributed by atoms with Gasteiger partial charge in [0.1, 0.15) is 11.8 Å². The van der Waals surface area contributed by atoms with Crippen LogP contribution in [0.5, 0.6) is 5.75 Å². The number of carbonyl (C=O) groups excluding carboxylic acids is 2. The minimum atomic E-state index is -0.484. The minimum Gasteiger partial charge on any atom is -0.496 e. The molecule has 5 nitrogen and oxygen atoms in total. The zero-order valence-corrected chi connectivity index (χ0v) is 11.1. The lowest BCUT2D eigenvalue weighted by Crippen LogP contribution is -2.38. The van der Waals surface area contributed by atoms with Gasteiger partial charge in [0, 0.05) is 12.0 Å². The predicted octanol–water partition coefficient (Wildman–Crippen LogP) is 1.36. The second-order valence-corrected chi connectivity index (χ2v) is 4.41. The Balaban J connectivity index is 2.20. The molecule has 0 bridgehead atoms.